The number of nitrogens with one attached hydrogen (secondary N) is 2. The smallest absolute Gasteiger partial charge is 0.171 e. The van der Waals surface area contributed by atoms with Crippen LogP contribution in [0.2, 0.25) is 5.02 Å². The van der Waals surface area contributed by atoms with E-state index in [-0.39, 0.29) is 6.04 Å². The van der Waals surface area contributed by atoms with Crippen LogP contribution in [0.5, 0.6) is 0 Å². The van der Waals surface area contributed by atoms with Crippen LogP contribution in [0, 0.1) is 13.8 Å². The molecule has 0 aliphatic rings. The first-order chi connectivity index (χ1) is 10.9. The second kappa shape index (κ2) is 8.13. The van der Waals surface area contributed by atoms with E-state index in [1.54, 1.807) is 0 Å². The van der Waals surface area contributed by atoms with Crippen molar-refractivity contribution in [2.75, 3.05) is 5.32 Å². The number of halogens is 2. The van der Waals surface area contributed by atoms with Crippen molar-refractivity contribution in [3.05, 3.63) is 62.6 Å². The number of thiocarbonyl (C=S) groups is 1. The summed E-state index contributed by atoms with van der Waals surface area (Å²) in [6.45, 7) is 6.40. The van der Waals surface area contributed by atoms with Crippen LogP contribution in [0.15, 0.2) is 40.9 Å². The van der Waals surface area contributed by atoms with Crippen LogP contribution in [0.1, 0.15) is 36.1 Å². The zero-order chi connectivity index (χ0) is 17.0. The predicted octanol–water partition coefficient (Wildman–Crippen LogP) is 6.16. The molecule has 1 unspecified atom stereocenters. The van der Waals surface area contributed by atoms with Gasteiger partial charge in [-0.15, -0.1) is 0 Å². The van der Waals surface area contributed by atoms with Gasteiger partial charge in [-0.2, -0.15) is 0 Å². The van der Waals surface area contributed by atoms with Gasteiger partial charge in [0.15, 0.2) is 5.11 Å². The molecular formula is C18H20BrClN2S. The van der Waals surface area contributed by atoms with Crippen molar-refractivity contribution in [2.24, 2.45) is 0 Å². The highest BCUT2D eigenvalue weighted by Gasteiger charge is 2.12. The van der Waals surface area contributed by atoms with Gasteiger partial charge in [0, 0.05) is 10.2 Å². The Morgan fingerprint density at radius 1 is 1.17 bits per heavy atom. The number of benzene rings is 2. The molecule has 0 aliphatic heterocycles. The van der Waals surface area contributed by atoms with E-state index in [4.69, 9.17) is 23.8 Å². The molecule has 0 amide bonds. The highest BCUT2D eigenvalue weighted by atomic mass is 79.9. The maximum Gasteiger partial charge on any atom is 0.171 e. The summed E-state index contributed by atoms with van der Waals surface area (Å²) in [7, 11) is 0. The van der Waals surface area contributed by atoms with E-state index >= 15 is 0 Å². The Morgan fingerprint density at radius 2 is 1.91 bits per heavy atom. The lowest BCUT2D eigenvalue weighted by Crippen LogP contribution is -2.32. The molecular weight excluding hydrogens is 392 g/mol. The first kappa shape index (κ1) is 18.2. The van der Waals surface area contributed by atoms with Crippen molar-refractivity contribution in [1.82, 2.24) is 5.32 Å². The Balaban J connectivity index is 2.07. The van der Waals surface area contributed by atoms with Crippen LogP contribution in [0.4, 0.5) is 5.69 Å². The average molecular weight is 412 g/mol. The maximum absolute atomic E-state index is 6.11. The molecule has 23 heavy (non-hydrogen) atoms. The topological polar surface area (TPSA) is 24.1 Å². The molecule has 0 aromatic heterocycles. The van der Waals surface area contributed by atoms with Gasteiger partial charge >= 0.3 is 0 Å². The third-order valence-corrected chi connectivity index (χ3v) is 5.28. The average Bonchev–Trinajstić information content (AvgIpc) is 2.51. The standard InChI is InChI=1S/C18H20BrClN2S/c1-4-17(13-6-5-11(2)12(3)9-13)22-18(23)21-14-7-8-15(19)16(20)10-14/h5-10,17H,4H2,1-3H3,(H2,21,22,23). The van der Waals surface area contributed by atoms with E-state index in [1.165, 1.54) is 16.7 Å². The van der Waals surface area contributed by atoms with E-state index in [9.17, 15) is 0 Å². The summed E-state index contributed by atoms with van der Waals surface area (Å²) >= 11 is 14.9. The number of rotatable bonds is 4. The van der Waals surface area contributed by atoms with Crippen LogP contribution in [-0.2, 0) is 0 Å². The molecule has 5 heteroatoms. The van der Waals surface area contributed by atoms with E-state index in [2.05, 4.69) is 65.5 Å². The van der Waals surface area contributed by atoms with E-state index in [1.807, 2.05) is 18.2 Å². The van der Waals surface area contributed by atoms with Gasteiger partial charge in [0.2, 0.25) is 0 Å². The largest absolute Gasteiger partial charge is 0.356 e. The van der Waals surface area contributed by atoms with E-state index < -0.39 is 0 Å². The van der Waals surface area contributed by atoms with Crippen molar-refractivity contribution in [1.29, 1.82) is 0 Å². The molecule has 2 rings (SSSR count). The van der Waals surface area contributed by atoms with Crippen molar-refractivity contribution >= 4 is 50.5 Å². The Kier molecular flexibility index (Phi) is 6.45. The minimum atomic E-state index is 0.181. The molecule has 0 heterocycles. The van der Waals surface area contributed by atoms with Crippen molar-refractivity contribution < 1.29 is 0 Å². The normalized spacial score (nSPS) is 11.9. The van der Waals surface area contributed by atoms with Crippen molar-refractivity contribution in [3.63, 3.8) is 0 Å². The number of hydrogen-bond donors (Lipinski definition) is 2. The Labute approximate surface area is 156 Å². The van der Waals surface area contributed by atoms with Crippen molar-refractivity contribution in [3.8, 4) is 0 Å². The first-order valence-electron chi connectivity index (χ1n) is 7.50. The van der Waals surface area contributed by atoms with Crippen LogP contribution >= 0.6 is 39.7 Å². The zero-order valence-electron chi connectivity index (χ0n) is 13.4. The van der Waals surface area contributed by atoms with Gasteiger partial charge in [0.1, 0.15) is 0 Å². The quantitative estimate of drug-likeness (QED) is 0.589. The fourth-order valence-corrected chi connectivity index (χ4v) is 2.99. The highest BCUT2D eigenvalue weighted by molar-refractivity contribution is 9.10. The van der Waals surface area contributed by atoms with Crippen LogP contribution in [-0.4, -0.2) is 5.11 Å². The fraction of sp³-hybridized carbons (Fsp3) is 0.278. The zero-order valence-corrected chi connectivity index (χ0v) is 16.6. The van der Waals surface area contributed by atoms with Gasteiger partial charge in [-0.05, 0) is 83.3 Å². The molecule has 0 spiro atoms. The Bertz CT molecular complexity index is 718. The predicted molar refractivity (Wildman–Crippen MR) is 107 cm³/mol. The van der Waals surface area contributed by atoms with Crippen LogP contribution in [0.25, 0.3) is 0 Å². The molecule has 0 bridgehead atoms. The Morgan fingerprint density at radius 3 is 2.52 bits per heavy atom. The molecule has 2 N–H and O–H groups in total. The van der Waals surface area contributed by atoms with Gasteiger partial charge in [-0.1, -0.05) is 36.7 Å². The lowest BCUT2D eigenvalue weighted by molar-refractivity contribution is 0.628. The van der Waals surface area contributed by atoms with Gasteiger partial charge in [0.05, 0.1) is 11.1 Å². The second-order valence-corrected chi connectivity index (χ2v) is 7.20. The van der Waals surface area contributed by atoms with Crippen molar-refractivity contribution in [2.45, 2.75) is 33.2 Å². The van der Waals surface area contributed by atoms with Crippen LogP contribution < -0.4 is 10.6 Å². The summed E-state index contributed by atoms with van der Waals surface area (Å²) in [5, 5.41) is 7.81. The number of aryl methyl sites for hydroxylation is 2. The summed E-state index contributed by atoms with van der Waals surface area (Å²) in [5.74, 6) is 0. The maximum atomic E-state index is 6.11. The molecule has 0 aliphatic carbocycles. The van der Waals surface area contributed by atoms with E-state index in [0.717, 1.165) is 16.6 Å². The van der Waals surface area contributed by atoms with Gasteiger partial charge in [-0.3, -0.25) is 0 Å². The molecule has 2 nitrogen and oxygen atoms in total. The molecule has 1 atom stereocenters. The third-order valence-electron chi connectivity index (χ3n) is 3.82. The van der Waals surface area contributed by atoms with Gasteiger partial charge in [0.25, 0.3) is 0 Å². The number of anilines is 1. The van der Waals surface area contributed by atoms with Gasteiger partial charge < -0.3 is 10.6 Å². The SMILES string of the molecule is CCC(NC(=S)Nc1ccc(Br)c(Cl)c1)c1ccc(C)c(C)c1. The van der Waals surface area contributed by atoms with Crippen LogP contribution in [0.3, 0.4) is 0 Å². The van der Waals surface area contributed by atoms with Gasteiger partial charge in [-0.25, -0.2) is 0 Å². The number of hydrogen-bond acceptors (Lipinski definition) is 1. The lowest BCUT2D eigenvalue weighted by atomic mass is 9.99. The molecule has 122 valence electrons. The Hall–Kier alpha value is -1.10. The summed E-state index contributed by atoms with van der Waals surface area (Å²) < 4.78 is 0.866. The lowest BCUT2D eigenvalue weighted by Gasteiger charge is -2.21. The molecule has 0 saturated carbocycles. The summed E-state index contributed by atoms with van der Waals surface area (Å²) in [5.41, 5.74) is 4.70. The highest BCUT2D eigenvalue weighted by Crippen LogP contribution is 2.26. The third kappa shape index (κ3) is 4.93. The second-order valence-electron chi connectivity index (χ2n) is 5.53. The molecule has 0 saturated heterocycles. The minimum Gasteiger partial charge on any atom is -0.356 e. The first-order valence-corrected chi connectivity index (χ1v) is 9.08. The summed E-state index contributed by atoms with van der Waals surface area (Å²) in [6, 6.07) is 12.4. The van der Waals surface area contributed by atoms with E-state index in [0.29, 0.717) is 10.1 Å². The molecule has 2 aromatic carbocycles. The fourth-order valence-electron chi connectivity index (χ4n) is 2.30. The monoisotopic (exact) mass is 410 g/mol. The summed E-state index contributed by atoms with van der Waals surface area (Å²) in [6.07, 6.45) is 0.950. The molecule has 2 aromatic rings. The molecule has 0 fully saturated rings. The molecule has 0 radical (unpaired) electrons. The minimum absolute atomic E-state index is 0.181. The summed E-state index contributed by atoms with van der Waals surface area (Å²) in [4.78, 5) is 0.